The third-order valence-corrected chi connectivity index (χ3v) is 7.02. The predicted molar refractivity (Wildman–Crippen MR) is 111 cm³/mol. The summed E-state index contributed by atoms with van der Waals surface area (Å²) in [6, 6.07) is -1.69. The first kappa shape index (κ1) is 24.5. The molecule has 0 spiro atoms. The number of nitrogens with one attached hydrogen (secondary N) is 4. The van der Waals surface area contributed by atoms with Gasteiger partial charge in [-0.1, -0.05) is 19.8 Å². The highest BCUT2D eigenvalue weighted by atomic mass is 35.5. The fraction of sp³-hybridized carbons (Fsp3) is 0.900. The molecule has 1 amide bonds. The summed E-state index contributed by atoms with van der Waals surface area (Å²) < 4.78 is 52.4. The van der Waals surface area contributed by atoms with Gasteiger partial charge in [0.25, 0.3) is 0 Å². The molecule has 0 bridgehead atoms. The van der Waals surface area contributed by atoms with Crippen molar-refractivity contribution in [1.29, 1.82) is 0 Å². The molecule has 7 unspecified atom stereocenters. The summed E-state index contributed by atoms with van der Waals surface area (Å²) in [5, 5.41) is 5.32. The molecule has 31 heavy (non-hydrogen) atoms. The molecule has 1 saturated heterocycles. The lowest BCUT2D eigenvalue weighted by atomic mass is 9.82. The normalized spacial score (nSPS) is 37.5. The number of guanidine groups is 1. The number of aliphatic imine (C=N–C) groups is 1. The lowest BCUT2D eigenvalue weighted by Gasteiger charge is -2.29. The molecule has 1 aliphatic heterocycles. The molecule has 3 fully saturated rings. The Morgan fingerprint density at radius 2 is 1.90 bits per heavy atom. The van der Waals surface area contributed by atoms with Crippen molar-refractivity contribution >= 4 is 23.5 Å². The maximum Gasteiger partial charge on any atom is 0.405 e. The molecule has 4 N–H and O–H groups in total. The second-order valence-corrected chi connectivity index (χ2v) is 9.71. The van der Waals surface area contributed by atoms with Gasteiger partial charge in [-0.2, -0.15) is 13.2 Å². The summed E-state index contributed by atoms with van der Waals surface area (Å²) in [7, 11) is 0. The van der Waals surface area contributed by atoms with E-state index in [0.29, 0.717) is 18.8 Å². The third-order valence-electron chi connectivity index (χ3n) is 6.49. The van der Waals surface area contributed by atoms with Gasteiger partial charge in [-0.25, -0.2) is 15.2 Å². The molecule has 0 radical (unpaired) electrons. The monoisotopic (exact) mass is 469 g/mol. The Balaban J connectivity index is 1.64. The summed E-state index contributed by atoms with van der Waals surface area (Å²) in [4.78, 5) is 17.2. The largest absolute Gasteiger partial charge is 0.405 e. The van der Waals surface area contributed by atoms with Gasteiger partial charge in [-0.05, 0) is 43.9 Å². The number of alkyl halides is 5. The first-order chi connectivity index (χ1) is 14.6. The molecule has 0 aromatic carbocycles. The number of hydrogen-bond donors (Lipinski definition) is 4. The van der Waals surface area contributed by atoms with Gasteiger partial charge >= 0.3 is 6.18 Å². The SMILES string of the molecule is CC1CCCC(C(=O)NC(=NCC2CCC(F)CC2Cl)NC2CC(C(F)(F)F)NN2)C1. The van der Waals surface area contributed by atoms with E-state index in [1.807, 2.05) is 0 Å². The minimum Gasteiger partial charge on any atom is -0.339 e. The number of carbonyl (C=O) groups excluding carboxylic acids is 1. The lowest BCUT2D eigenvalue weighted by molar-refractivity contribution is -0.153. The van der Waals surface area contributed by atoms with Crippen molar-refractivity contribution < 1.29 is 22.4 Å². The molecular formula is C20H32ClF4N5O. The minimum atomic E-state index is -4.38. The van der Waals surface area contributed by atoms with Crippen LogP contribution < -0.4 is 21.5 Å². The van der Waals surface area contributed by atoms with Crippen molar-refractivity contribution in [2.45, 2.75) is 88.2 Å². The predicted octanol–water partition coefficient (Wildman–Crippen LogP) is 3.38. The number of hydrazine groups is 1. The van der Waals surface area contributed by atoms with Gasteiger partial charge in [-0.3, -0.25) is 15.1 Å². The quantitative estimate of drug-likeness (QED) is 0.220. The van der Waals surface area contributed by atoms with Crippen LogP contribution in [0.1, 0.15) is 58.3 Å². The number of carbonyl (C=O) groups is 1. The van der Waals surface area contributed by atoms with Crippen LogP contribution in [0.25, 0.3) is 0 Å². The van der Waals surface area contributed by atoms with Crippen LogP contribution in [0.15, 0.2) is 4.99 Å². The van der Waals surface area contributed by atoms with E-state index in [1.165, 1.54) is 0 Å². The van der Waals surface area contributed by atoms with Gasteiger partial charge in [0.05, 0.1) is 6.17 Å². The van der Waals surface area contributed by atoms with E-state index in [1.54, 1.807) is 0 Å². The molecule has 11 heteroatoms. The zero-order valence-corrected chi connectivity index (χ0v) is 18.4. The van der Waals surface area contributed by atoms with E-state index in [0.717, 1.165) is 25.7 Å². The zero-order valence-electron chi connectivity index (χ0n) is 17.7. The van der Waals surface area contributed by atoms with Gasteiger partial charge in [-0.15, -0.1) is 11.6 Å². The highest BCUT2D eigenvalue weighted by Gasteiger charge is 2.44. The molecule has 3 rings (SSSR count). The standard InChI is InChI=1S/C20H32ClF4N5O/c1-11-3-2-4-12(7-11)18(31)28-19(26-10-13-5-6-14(22)8-15(13)21)27-17-9-16(29-30-17)20(23,24)25/h11-17,29-30H,2-10H2,1H3,(H2,26,27,28,31). The maximum absolute atomic E-state index is 13.5. The number of halogens is 5. The number of rotatable bonds is 4. The van der Waals surface area contributed by atoms with E-state index in [4.69, 9.17) is 11.6 Å². The molecule has 2 saturated carbocycles. The van der Waals surface area contributed by atoms with E-state index in [-0.39, 0.29) is 48.5 Å². The average molecular weight is 470 g/mol. The van der Waals surface area contributed by atoms with Crippen LogP contribution in [-0.2, 0) is 4.79 Å². The Morgan fingerprint density at radius 3 is 2.55 bits per heavy atom. The average Bonchev–Trinajstić information content (AvgIpc) is 3.16. The van der Waals surface area contributed by atoms with Gasteiger partial charge < -0.3 is 5.32 Å². The van der Waals surface area contributed by atoms with E-state index >= 15 is 0 Å². The third kappa shape index (κ3) is 7.18. The van der Waals surface area contributed by atoms with Crippen LogP contribution in [0.5, 0.6) is 0 Å². The van der Waals surface area contributed by atoms with Crippen molar-refractivity contribution in [2.75, 3.05) is 6.54 Å². The fourth-order valence-corrected chi connectivity index (χ4v) is 4.99. The molecule has 0 aromatic rings. The molecule has 178 valence electrons. The fourth-order valence-electron chi connectivity index (χ4n) is 4.59. The van der Waals surface area contributed by atoms with E-state index in [9.17, 15) is 22.4 Å². The smallest absolute Gasteiger partial charge is 0.339 e. The highest BCUT2D eigenvalue weighted by molar-refractivity contribution is 6.20. The summed E-state index contributed by atoms with van der Waals surface area (Å²) >= 11 is 6.28. The van der Waals surface area contributed by atoms with Crippen LogP contribution in [0, 0.1) is 17.8 Å². The molecule has 1 heterocycles. The summed E-state index contributed by atoms with van der Waals surface area (Å²) in [5.74, 6) is 0.229. The Kier molecular flexibility index (Phi) is 8.43. The lowest BCUT2D eigenvalue weighted by Crippen LogP contribution is -2.52. The Morgan fingerprint density at radius 1 is 1.13 bits per heavy atom. The number of nitrogens with zero attached hydrogens (tertiary/aromatic N) is 1. The van der Waals surface area contributed by atoms with E-state index < -0.39 is 24.6 Å². The summed E-state index contributed by atoms with van der Waals surface area (Å²) in [5.41, 5.74) is 4.79. The molecule has 3 aliphatic rings. The van der Waals surface area contributed by atoms with Crippen LogP contribution in [0.2, 0.25) is 0 Å². The first-order valence-electron chi connectivity index (χ1n) is 11.1. The summed E-state index contributed by atoms with van der Waals surface area (Å²) in [6.45, 7) is 2.38. The maximum atomic E-state index is 13.5. The van der Waals surface area contributed by atoms with Crippen molar-refractivity contribution in [3.63, 3.8) is 0 Å². The van der Waals surface area contributed by atoms with Crippen molar-refractivity contribution in [3.05, 3.63) is 0 Å². The van der Waals surface area contributed by atoms with Crippen molar-refractivity contribution in [2.24, 2.45) is 22.7 Å². The van der Waals surface area contributed by atoms with E-state index in [2.05, 4.69) is 33.4 Å². The second kappa shape index (κ2) is 10.7. The topological polar surface area (TPSA) is 77.5 Å². The van der Waals surface area contributed by atoms with Crippen molar-refractivity contribution in [3.8, 4) is 0 Å². The first-order valence-corrected chi connectivity index (χ1v) is 11.5. The van der Waals surface area contributed by atoms with Crippen LogP contribution in [0.3, 0.4) is 0 Å². The van der Waals surface area contributed by atoms with Gasteiger partial charge in [0.1, 0.15) is 12.2 Å². The Bertz CT molecular complexity index is 650. The van der Waals surface area contributed by atoms with Crippen molar-refractivity contribution in [1.82, 2.24) is 21.5 Å². The summed E-state index contributed by atoms with van der Waals surface area (Å²) in [6.07, 6.45) is -1.39. The molecule has 0 aromatic heterocycles. The molecule has 6 nitrogen and oxygen atoms in total. The van der Waals surface area contributed by atoms with Crippen LogP contribution in [-0.4, -0.2) is 48.3 Å². The zero-order chi connectivity index (χ0) is 22.6. The molecule has 2 aliphatic carbocycles. The second-order valence-electron chi connectivity index (χ2n) is 9.15. The highest BCUT2D eigenvalue weighted by Crippen LogP contribution is 2.31. The number of amides is 1. The van der Waals surface area contributed by atoms with Crippen LogP contribution in [0.4, 0.5) is 17.6 Å². The van der Waals surface area contributed by atoms with Gasteiger partial charge in [0.15, 0.2) is 5.96 Å². The van der Waals surface area contributed by atoms with Gasteiger partial charge in [0, 0.05) is 24.3 Å². The number of hydrogen-bond acceptors (Lipinski definition) is 4. The Hall–Kier alpha value is -1.13. The Labute approximate surface area is 185 Å². The van der Waals surface area contributed by atoms with Crippen LogP contribution >= 0.6 is 11.6 Å². The minimum absolute atomic E-state index is 0.0466. The molecular weight excluding hydrogens is 438 g/mol. The molecule has 7 atom stereocenters. The van der Waals surface area contributed by atoms with Gasteiger partial charge in [0.2, 0.25) is 5.91 Å².